The molecule has 0 amide bonds. The molecule has 3 nitrogen and oxygen atoms in total. The van der Waals surface area contributed by atoms with Gasteiger partial charge in [-0.05, 0) is 170 Å². The van der Waals surface area contributed by atoms with Crippen molar-refractivity contribution in [1.29, 1.82) is 0 Å². The average Bonchev–Trinajstić information content (AvgIpc) is 3.92. The SMILES string of the molecule is C.C=CC(CC)C(F)C(=O)C(=C)/C=C\C.CC.CC(C)=CCC/C(C)=C/CC/C(C)=C/CC/C(C)=C/CC/C(C)=C/CC/C(C)=C/CC/C(C)=C/CC12C(=O)c3ccccc3C(=O)C1(C)C1C=CC2C1. The van der Waals surface area contributed by atoms with Gasteiger partial charge >= 0.3 is 0 Å². The number of benzene rings is 1. The minimum atomic E-state index is -1.51. The molecule has 6 atom stereocenters. The second kappa shape index (κ2) is 32.3. The second-order valence-corrected chi connectivity index (χ2v) is 20.3. The molecule has 0 N–H and O–H groups in total. The summed E-state index contributed by atoms with van der Waals surface area (Å²) in [7, 11) is 0. The normalized spacial score (nSPS) is 22.0. The Kier molecular flexibility index (Phi) is 29.2. The number of carbonyl (C=O) groups excluding carboxylic acids is 3. The fourth-order valence-corrected chi connectivity index (χ4v) is 10.3. The van der Waals surface area contributed by atoms with Crippen LogP contribution >= 0.6 is 0 Å². The third-order valence-electron chi connectivity index (χ3n) is 14.8. The molecule has 2 bridgehead atoms. The van der Waals surface area contributed by atoms with E-state index in [4.69, 9.17) is 0 Å². The van der Waals surface area contributed by atoms with Crippen LogP contribution in [-0.2, 0) is 4.79 Å². The van der Waals surface area contributed by atoms with Crippen molar-refractivity contribution in [3.63, 3.8) is 0 Å². The first-order valence-electron chi connectivity index (χ1n) is 26.4. The molecule has 0 saturated heterocycles. The zero-order chi connectivity index (χ0) is 51.7. The molecule has 6 unspecified atom stereocenters. The van der Waals surface area contributed by atoms with Crippen LogP contribution < -0.4 is 0 Å². The van der Waals surface area contributed by atoms with Crippen LogP contribution in [-0.4, -0.2) is 23.5 Å². The molecule has 0 heterocycles. The van der Waals surface area contributed by atoms with Gasteiger partial charge in [0.05, 0.1) is 10.8 Å². The lowest BCUT2D eigenvalue weighted by Gasteiger charge is -2.50. The predicted molar refractivity (Wildman–Crippen MR) is 304 cm³/mol. The van der Waals surface area contributed by atoms with Gasteiger partial charge in [0.1, 0.15) is 0 Å². The average molecular weight is 957 g/mol. The molecule has 4 rings (SSSR count). The summed E-state index contributed by atoms with van der Waals surface area (Å²) >= 11 is 0. The summed E-state index contributed by atoms with van der Waals surface area (Å²) in [6.45, 7) is 34.6. The molecule has 3 aliphatic rings. The number of alkyl halides is 1. The highest BCUT2D eigenvalue weighted by atomic mass is 19.1. The maximum atomic E-state index is 14.2. The lowest BCUT2D eigenvalue weighted by Crippen LogP contribution is -2.56. The van der Waals surface area contributed by atoms with E-state index in [2.05, 4.69) is 130 Å². The third kappa shape index (κ3) is 17.9. The van der Waals surface area contributed by atoms with Gasteiger partial charge in [0.2, 0.25) is 0 Å². The summed E-state index contributed by atoms with van der Waals surface area (Å²) in [5.74, 6) is -0.339. The van der Waals surface area contributed by atoms with Crippen LogP contribution in [0.4, 0.5) is 4.39 Å². The van der Waals surface area contributed by atoms with E-state index in [1.54, 1.807) is 13.0 Å². The number of carbonyl (C=O) groups is 3. The van der Waals surface area contributed by atoms with E-state index in [9.17, 15) is 18.8 Å². The van der Waals surface area contributed by atoms with Crippen LogP contribution in [0.15, 0.2) is 155 Å². The fraction of sp³-hybridized carbons (Fsp3) is 0.530. The maximum Gasteiger partial charge on any atom is 0.196 e. The van der Waals surface area contributed by atoms with Gasteiger partial charge in [-0.25, -0.2) is 4.39 Å². The van der Waals surface area contributed by atoms with E-state index in [0.717, 1.165) is 70.6 Å². The van der Waals surface area contributed by atoms with Crippen molar-refractivity contribution < 1.29 is 18.8 Å². The van der Waals surface area contributed by atoms with E-state index >= 15 is 0 Å². The molecule has 1 aromatic carbocycles. The van der Waals surface area contributed by atoms with Crippen molar-refractivity contribution in [1.82, 2.24) is 0 Å². The Morgan fingerprint density at radius 3 is 1.44 bits per heavy atom. The highest BCUT2D eigenvalue weighted by Crippen LogP contribution is 2.69. The molecule has 70 heavy (non-hydrogen) atoms. The summed E-state index contributed by atoms with van der Waals surface area (Å²) in [6, 6.07) is 7.50. The third-order valence-corrected chi connectivity index (χ3v) is 14.8. The van der Waals surface area contributed by atoms with Crippen LogP contribution in [0.5, 0.6) is 0 Å². The standard InChI is InChI=1S/C51H70O2.C12H17FO.C2H6.CH4/c1-37(2)18-12-19-38(3)20-13-21-39(4)22-14-23-40(5)24-15-25-41(6)26-16-27-42(7)28-17-29-43(8)34-35-51-45-33-32-44(36-45)50(51,9)48(52)46-30-10-11-31-47(46)49(51)53;1-5-8-9(4)12(14)11(13)10(6-2)7-3;1-2;/h10-11,18,20,22,24,26,28,30-34,44-45H,12-17,19,21,23,25,27,29,35-36H2,1-9H3;5-6,8,10-11H,2,4,7H2,1,3H3;1-2H3;1H4/b38-20+,39-22+,40-24+,41-26+,42-28+,43-34+;8-5-;;. The summed E-state index contributed by atoms with van der Waals surface area (Å²) < 4.78 is 13.5. The first-order valence-corrected chi connectivity index (χ1v) is 26.4. The molecule has 0 aromatic heterocycles. The fourth-order valence-electron chi connectivity index (χ4n) is 10.3. The number of rotatable bonds is 26. The van der Waals surface area contributed by atoms with Gasteiger partial charge in [-0.3, -0.25) is 14.4 Å². The number of Topliss-reactive ketones (excluding diaryl/α,β-unsaturated/α-hetero) is 3. The Labute approximate surface area is 428 Å². The van der Waals surface area contributed by atoms with Gasteiger partial charge in [-0.1, -0.05) is 178 Å². The lowest BCUT2D eigenvalue weighted by atomic mass is 9.49. The summed E-state index contributed by atoms with van der Waals surface area (Å²) in [4.78, 5) is 39.6. The molecule has 1 aromatic rings. The maximum absolute atomic E-state index is 14.2. The van der Waals surface area contributed by atoms with Crippen LogP contribution in [0.1, 0.15) is 214 Å². The van der Waals surface area contributed by atoms with Gasteiger partial charge in [-0.15, -0.1) is 6.58 Å². The van der Waals surface area contributed by atoms with Gasteiger partial charge in [0.15, 0.2) is 23.5 Å². The Bertz CT molecular complexity index is 2170. The van der Waals surface area contributed by atoms with Crippen molar-refractivity contribution in [3.05, 3.63) is 166 Å². The first-order chi connectivity index (χ1) is 32.9. The molecule has 3 aliphatic carbocycles. The largest absolute Gasteiger partial charge is 0.293 e. The quantitative estimate of drug-likeness (QED) is 0.0528. The van der Waals surface area contributed by atoms with Crippen LogP contribution in [0.2, 0.25) is 0 Å². The molecule has 0 aliphatic heterocycles. The predicted octanol–water partition coefficient (Wildman–Crippen LogP) is 19.9. The van der Waals surface area contributed by atoms with Crippen LogP contribution in [0.25, 0.3) is 0 Å². The highest BCUT2D eigenvalue weighted by molar-refractivity contribution is 6.20. The van der Waals surface area contributed by atoms with Gasteiger partial charge in [0, 0.05) is 22.6 Å². The Hall–Kier alpha value is -4.70. The highest BCUT2D eigenvalue weighted by Gasteiger charge is 2.71. The number of allylic oxidation sites excluding steroid dienone is 20. The van der Waals surface area contributed by atoms with Gasteiger partial charge in [0.25, 0.3) is 0 Å². The molecular weight excluding hydrogens is 860 g/mol. The van der Waals surface area contributed by atoms with E-state index in [-0.39, 0.29) is 36.4 Å². The molecule has 0 spiro atoms. The van der Waals surface area contributed by atoms with Crippen molar-refractivity contribution in [2.75, 3.05) is 0 Å². The van der Waals surface area contributed by atoms with Crippen molar-refractivity contribution in [2.45, 2.75) is 200 Å². The minimum Gasteiger partial charge on any atom is -0.293 e. The Morgan fingerprint density at radius 2 is 1.06 bits per heavy atom. The lowest BCUT2D eigenvalue weighted by molar-refractivity contribution is -0.121. The Balaban J connectivity index is 0.00000124. The van der Waals surface area contributed by atoms with E-state index in [1.807, 2.05) is 45.0 Å². The summed E-state index contributed by atoms with van der Waals surface area (Å²) in [6.07, 6.45) is 39.8. The van der Waals surface area contributed by atoms with Crippen LogP contribution in [0, 0.1) is 28.6 Å². The van der Waals surface area contributed by atoms with E-state index < -0.39 is 28.7 Å². The molecule has 386 valence electrons. The molecule has 1 saturated carbocycles. The van der Waals surface area contributed by atoms with Gasteiger partial charge in [-0.2, -0.15) is 0 Å². The zero-order valence-electron chi connectivity index (χ0n) is 45.7. The second-order valence-electron chi connectivity index (χ2n) is 20.3. The Morgan fingerprint density at radius 1 is 0.671 bits per heavy atom. The number of halogens is 1. The van der Waals surface area contributed by atoms with Gasteiger partial charge < -0.3 is 0 Å². The molecule has 4 heteroatoms. The topological polar surface area (TPSA) is 51.2 Å². The monoisotopic (exact) mass is 957 g/mol. The minimum absolute atomic E-state index is 0. The van der Waals surface area contributed by atoms with Crippen molar-refractivity contribution in [3.8, 4) is 0 Å². The molecule has 0 radical (unpaired) electrons. The number of ketones is 3. The smallest absolute Gasteiger partial charge is 0.196 e. The number of hydrogen-bond acceptors (Lipinski definition) is 3. The van der Waals surface area contributed by atoms with E-state index in [1.165, 1.54) is 64.0 Å². The molecule has 1 fully saturated rings. The van der Waals surface area contributed by atoms with Crippen molar-refractivity contribution in [2.24, 2.45) is 28.6 Å². The first kappa shape index (κ1) is 63.3. The number of fused-ring (bicyclic) bond motifs is 6. The molecular formula is C66H97FO3. The van der Waals surface area contributed by atoms with E-state index in [0.29, 0.717) is 24.0 Å². The summed E-state index contributed by atoms with van der Waals surface area (Å²) in [5, 5.41) is 0. The van der Waals surface area contributed by atoms with Crippen LogP contribution in [0.3, 0.4) is 0 Å². The number of hydrogen-bond donors (Lipinski definition) is 0. The van der Waals surface area contributed by atoms with Crippen molar-refractivity contribution >= 4 is 17.3 Å². The summed E-state index contributed by atoms with van der Waals surface area (Å²) in [5.41, 5.74) is 10.3. The zero-order valence-corrected chi connectivity index (χ0v) is 45.7.